The van der Waals surface area contributed by atoms with E-state index in [1.54, 1.807) is 11.3 Å². The molecule has 2 rings (SSSR count). The third-order valence-electron chi connectivity index (χ3n) is 2.69. The van der Waals surface area contributed by atoms with Gasteiger partial charge in [-0.3, -0.25) is 4.79 Å². The van der Waals surface area contributed by atoms with Crippen molar-refractivity contribution in [2.45, 2.75) is 25.4 Å². The van der Waals surface area contributed by atoms with Gasteiger partial charge in [0, 0.05) is 24.5 Å². The number of rotatable bonds is 5. The van der Waals surface area contributed by atoms with Crippen LogP contribution >= 0.6 is 22.9 Å². The van der Waals surface area contributed by atoms with E-state index in [-0.39, 0.29) is 5.91 Å². The Hall–Kier alpha value is -0.580. The highest BCUT2D eigenvalue weighted by atomic mass is 35.5. The number of nitrogens with zero attached hydrogens (tertiary/aromatic N) is 1. The van der Waals surface area contributed by atoms with Crippen LogP contribution in [0, 0.1) is 0 Å². The van der Waals surface area contributed by atoms with Crippen molar-refractivity contribution in [1.82, 2.24) is 10.2 Å². The zero-order chi connectivity index (χ0) is 11.5. The van der Waals surface area contributed by atoms with Gasteiger partial charge in [-0.2, -0.15) is 0 Å². The SMILES string of the molecule is CN(C(=O)CNCc1ccc(Cl)s1)C1CC1. The van der Waals surface area contributed by atoms with Crippen molar-refractivity contribution in [3.05, 3.63) is 21.3 Å². The third-order valence-corrected chi connectivity index (χ3v) is 3.92. The monoisotopic (exact) mass is 258 g/mol. The van der Waals surface area contributed by atoms with E-state index in [2.05, 4.69) is 5.32 Å². The second kappa shape index (κ2) is 5.17. The normalized spacial score (nSPS) is 15.1. The Morgan fingerprint density at radius 2 is 2.38 bits per heavy atom. The Bertz CT molecular complexity index is 376. The summed E-state index contributed by atoms with van der Waals surface area (Å²) < 4.78 is 0.790. The smallest absolute Gasteiger partial charge is 0.236 e. The number of amides is 1. The number of hydrogen-bond acceptors (Lipinski definition) is 3. The van der Waals surface area contributed by atoms with Gasteiger partial charge < -0.3 is 10.2 Å². The molecule has 3 nitrogen and oxygen atoms in total. The number of nitrogens with one attached hydrogen (secondary N) is 1. The molecule has 0 aliphatic heterocycles. The van der Waals surface area contributed by atoms with E-state index in [9.17, 15) is 4.79 Å². The minimum absolute atomic E-state index is 0.171. The molecule has 1 saturated carbocycles. The van der Waals surface area contributed by atoms with E-state index in [4.69, 9.17) is 11.6 Å². The molecule has 88 valence electrons. The molecule has 16 heavy (non-hydrogen) atoms. The summed E-state index contributed by atoms with van der Waals surface area (Å²) in [4.78, 5) is 14.7. The van der Waals surface area contributed by atoms with Gasteiger partial charge in [-0.05, 0) is 25.0 Å². The van der Waals surface area contributed by atoms with Gasteiger partial charge in [-0.15, -0.1) is 11.3 Å². The number of halogens is 1. The molecule has 0 spiro atoms. The molecule has 0 saturated heterocycles. The van der Waals surface area contributed by atoms with Crippen LogP contribution in [-0.4, -0.2) is 30.4 Å². The molecule has 0 aromatic carbocycles. The molecule has 5 heteroatoms. The molecule has 1 aliphatic carbocycles. The largest absolute Gasteiger partial charge is 0.342 e. The maximum Gasteiger partial charge on any atom is 0.236 e. The van der Waals surface area contributed by atoms with Gasteiger partial charge in [-0.25, -0.2) is 0 Å². The predicted molar refractivity (Wildman–Crippen MR) is 66.8 cm³/mol. The summed E-state index contributed by atoms with van der Waals surface area (Å²) in [6.45, 7) is 1.12. The molecular formula is C11H15ClN2OS. The average molecular weight is 259 g/mol. The Labute approximate surface area is 104 Å². The lowest BCUT2D eigenvalue weighted by molar-refractivity contribution is -0.129. The number of thiophene rings is 1. The number of likely N-dealkylation sites (N-methyl/N-ethyl adjacent to an activating group) is 1. The van der Waals surface area contributed by atoms with Crippen LogP contribution in [0.1, 0.15) is 17.7 Å². The second-order valence-electron chi connectivity index (χ2n) is 4.05. The third kappa shape index (κ3) is 3.20. The Morgan fingerprint density at radius 3 is 2.94 bits per heavy atom. The van der Waals surface area contributed by atoms with E-state index >= 15 is 0 Å². The van der Waals surface area contributed by atoms with Crippen molar-refractivity contribution < 1.29 is 4.79 Å². The molecule has 1 fully saturated rings. The highest BCUT2D eigenvalue weighted by Crippen LogP contribution is 2.25. The molecular weight excluding hydrogens is 244 g/mol. The summed E-state index contributed by atoms with van der Waals surface area (Å²) in [5.41, 5.74) is 0. The fourth-order valence-electron chi connectivity index (χ4n) is 1.53. The standard InChI is InChI=1S/C11H15ClN2OS/c1-14(8-2-3-8)11(15)7-13-6-9-4-5-10(12)16-9/h4-5,8,13H,2-3,6-7H2,1H3. The number of carbonyl (C=O) groups excluding carboxylic acids is 1. The molecule has 1 aromatic heterocycles. The molecule has 1 amide bonds. The quantitative estimate of drug-likeness (QED) is 0.877. The number of carbonyl (C=O) groups is 1. The maximum absolute atomic E-state index is 11.7. The maximum atomic E-state index is 11.7. The van der Waals surface area contributed by atoms with Crippen molar-refractivity contribution >= 4 is 28.8 Å². The summed E-state index contributed by atoms with van der Waals surface area (Å²) in [5, 5.41) is 3.14. The molecule has 0 atom stereocenters. The average Bonchev–Trinajstić information content (AvgIpc) is 3.02. The van der Waals surface area contributed by atoms with E-state index in [1.807, 2.05) is 24.1 Å². The van der Waals surface area contributed by atoms with Crippen LogP contribution in [0.3, 0.4) is 0 Å². The van der Waals surface area contributed by atoms with Gasteiger partial charge in [0.25, 0.3) is 0 Å². The fraction of sp³-hybridized carbons (Fsp3) is 0.545. The Morgan fingerprint density at radius 1 is 1.62 bits per heavy atom. The summed E-state index contributed by atoms with van der Waals surface area (Å²) in [6.07, 6.45) is 2.31. The van der Waals surface area contributed by atoms with E-state index in [0.29, 0.717) is 19.1 Å². The van der Waals surface area contributed by atoms with Crippen LogP contribution in [0.15, 0.2) is 12.1 Å². The predicted octanol–water partition coefficient (Wildman–Crippen LogP) is 2.11. The van der Waals surface area contributed by atoms with E-state index < -0.39 is 0 Å². The van der Waals surface area contributed by atoms with Gasteiger partial charge in [-0.1, -0.05) is 11.6 Å². The molecule has 1 aromatic rings. The van der Waals surface area contributed by atoms with Crippen molar-refractivity contribution in [2.75, 3.05) is 13.6 Å². The minimum Gasteiger partial charge on any atom is -0.342 e. The van der Waals surface area contributed by atoms with Crippen LogP contribution in [0.4, 0.5) is 0 Å². The van der Waals surface area contributed by atoms with Crippen LogP contribution < -0.4 is 5.32 Å². The van der Waals surface area contributed by atoms with Gasteiger partial charge in [0.1, 0.15) is 0 Å². The lowest BCUT2D eigenvalue weighted by Crippen LogP contribution is -2.36. The van der Waals surface area contributed by atoms with Gasteiger partial charge in [0.05, 0.1) is 10.9 Å². The van der Waals surface area contributed by atoms with Gasteiger partial charge in [0.15, 0.2) is 0 Å². The first kappa shape index (κ1) is 11.9. The Balaban J connectivity index is 1.69. The van der Waals surface area contributed by atoms with Crippen molar-refractivity contribution in [3.63, 3.8) is 0 Å². The minimum atomic E-state index is 0.171. The first-order valence-corrected chi connectivity index (χ1v) is 6.57. The lowest BCUT2D eigenvalue weighted by Gasteiger charge is -2.16. The summed E-state index contributed by atoms with van der Waals surface area (Å²) in [7, 11) is 1.88. The highest BCUT2D eigenvalue weighted by Gasteiger charge is 2.28. The first-order valence-electron chi connectivity index (χ1n) is 5.37. The summed E-state index contributed by atoms with van der Waals surface area (Å²) in [5.74, 6) is 0.171. The van der Waals surface area contributed by atoms with Crippen molar-refractivity contribution in [2.24, 2.45) is 0 Å². The van der Waals surface area contributed by atoms with Gasteiger partial charge >= 0.3 is 0 Å². The summed E-state index contributed by atoms with van der Waals surface area (Å²) in [6, 6.07) is 4.35. The first-order chi connectivity index (χ1) is 7.66. The van der Waals surface area contributed by atoms with Crippen LogP contribution in [-0.2, 0) is 11.3 Å². The fourth-order valence-corrected chi connectivity index (χ4v) is 2.59. The molecule has 0 bridgehead atoms. The zero-order valence-corrected chi connectivity index (χ0v) is 10.8. The van der Waals surface area contributed by atoms with E-state index in [0.717, 1.165) is 22.1 Å². The molecule has 0 unspecified atom stereocenters. The molecule has 1 N–H and O–H groups in total. The lowest BCUT2D eigenvalue weighted by atomic mass is 10.4. The van der Waals surface area contributed by atoms with Crippen LogP contribution in [0.5, 0.6) is 0 Å². The van der Waals surface area contributed by atoms with Gasteiger partial charge in [0.2, 0.25) is 5.91 Å². The number of hydrogen-bond donors (Lipinski definition) is 1. The zero-order valence-electron chi connectivity index (χ0n) is 9.20. The molecule has 0 radical (unpaired) electrons. The van der Waals surface area contributed by atoms with Crippen LogP contribution in [0.25, 0.3) is 0 Å². The van der Waals surface area contributed by atoms with Crippen molar-refractivity contribution in [1.29, 1.82) is 0 Å². The Kier molecular flexibility index (Phi) is 3.84. The molecule has 1 heterocycles. The summed E-state index contributed by atoms with van der Waals surface area (Å²) >= 11 is 7.36. The molecule has 1 aliphatic rings. The van der Waals surface area contributed by atoms with Crippen molar-refractivity contribution in [3.8, 4) is 0 Å². The topological polar surface area (TPSA) is 32.3 Å². The highest BCUT2D eigenvalue weighted by molar-refractivity contribution is 7.16. The van der Waals surface area contributed by atoms with E-state index in [1.165, 1.54) is 0 Å². The second-order valence-corrected chi connectivity index (χ2v) is 5.84. The van der Waals surface area contributed by atoms with Crippen LogP contribution in [0.2, 0.25) is 4.34 Å².